The van der Waals surface area contributed by atoms with Crippen LogP contribution in [0.4, 0.5) is 0 Å². The van der Waals surface area contributed by atoms with E-state index in [1.165, 1.54) is 29.7 Å². The van der Waals surface area contributed by atoms with Gasteiger partial charge in [0.25, 0.3) is 5.91 Å². The number of benzene rings is 2. The fourth-order valence-electron chi connectivity index (χ4n) is 4.99. The molecule has 0 saturated heterocycles. The number of para-hydroxylation sites is 1. The van der Waals surface area contributed by atoms with Gasteiger partial charge in [0.1, 0.15) is 6.61 Å². The summed E-state index contributed by atoms with van der Waals surface area (Å²) in [5.41, 5.74) is 6.12. The van der Waals surface area contributed by atoms with Crippen LogP contribution >= 0.6 is 0 Å². The van der Waals surface area contributed by atoms with Gasteiger partial charge in [-0.05, 0) is 54.5 Å². The minimum atomic E-state index is -0.559. The summed E-state index contributed by atoms with van der Waals surface area (Å²) in [7, 11) is 1.53. The summed E-state index contributed by atoms with van der Waals surface area (Å²) >= 11 is 0. The second-order valence-corrected chi connectivity index (χ2v) is 9.30. The van der Waals surface area contributed by atoms with Crippen molar-refractivity contribution in [3.05, 3.63) is 77.5 Å². The zero-order chi connectivity index (χ0) is 25.3. The zero-order valence-corrected chi connectivity index (χ0v) is 20.6. The number of amides is 2. The Bertz CT molecular complexity index is 1190. The fourth-order valence-corrected chi connectivity index (χ4v) is 4.99. The molecule has 2 atom stereocenters. The standard InChI is InChI=1S/C28H34N4O4/c1-36-19-28(34)30-23-11-12-24(16-23)32(15-14-22-17-29-26-5-3-2-4-25(22)26)18-21-8-6-20(7-9-21)10-13-27(33)31-35/h2-10,13,17,23-24,29,35H,11-12,14-16,18-19H2,1H3,(H,30,34)(H,31,33)/b13-10+. The van der Waals surface area contributed by atoms with E-state index in [0.717, 1.165) is 49.9 Å². The molecule has 1 heterocycles. The fraction of sp³-hybridized carbons (Fsp3) is 0.357. The van der Waals surface area contributed by atoms with Crippen LogP contribution in [-0.2, 0) is 27.3 Å². The number of H-pyrrole nitrogens is 1. The minimum absolute atomic E-state index is 0.0629. The van der Waals surface area contributed by atoms with Gasteiger partial charge in [-0.1, -0.05) is 42.5 Å². The molecule has 190 valence electrons. The Hall–Kier alpha value is -3.46. The number of fused-ring (bicyclic) bond motifs is 1. The van der Waals surface area contributed by atoms with Crippen molar-refractivity contribution >= 4 is 28.8 Å². The highest BCUT2D eigenvalue weighted by Gasteiger charge is 2.30. The molecule has 1 aromatic heterocycles. The van der Waals surface area contributed by atoms with E-state index in [1.807, 2.05) is 18.2 Å². The molecule has 1 aliphatic carbocycles. The van der Waals surface area contributed by atoms with Crippen molar-refractivity contribution in [2.45, 2.75) is 44.3 Å². The van der Waals surface area contributed by atoms with Gasteiger partial charge in [-0.15, -0.1) is 0 Å². The Balaban J connectivity index is 1.45. The number of carbonyl (C=O) groups is 2. The molecule has 36 heavy (non-hydrogen) atoms. The molecule has 0 radical (unpaired) electrons. The maximum Gasteiger partial charge on any atom is 0.267 e. The number of hydroxylamine groups is 1. The summed E-state index contributed by atoms with van der Waals surface area (Å²) in [4.78, 5) is 29.2. The van der Waals surface area contributed by atoms with Crippen LogP contribution in [0.5, 0.6) is 0 Å². The van der Waals surface area contributed by atoms with Crippen LogP contribution in [0.1, 0.15) is 36.0 Å². The number of rotatable bonds is 11. The van der Waals surface area contributed by atoms with E-state index in [0.29, 0.717) is 6.04 Å². The minimum Gasteiger partial charge on any atom is -0.375 e. The summed E-state index contributed by atoms with van der Waals surface area (Å²) in [5, 5.41) is 13.0. The maximum atomic E-state index is 12.0. The number of nitrogens with one attached hydrogen (secondary N) is 3. The van der Waals surface area contributed by atoms with Gasteiger partial charge >= 0.3 is 0 Å². The molecule has 8 nitrogen and oxygen atoms in total. The third-order valence-corrected chi connectivity index (χ3v) is 6.81. The molecular weight excluding hydrogens is 456 g/mol. The number of aromatic amines is 1. The quantitative estimate of drug-likeness (QED) is 0.187. The van der Waals surface area contributed by atoms with E-state index >= 15 is 0 Å². The second-order valence-electron chi connectivity index (χ2n) is 9.30. The highest BCUT2D eigenvalue weighted by molar-refractivity contribution is 5.90. The SMILES string of the molecule is COCC(=O)NC1CCC(N(CCc2c[nH]c3ccccc23)Cc2ccc(/C=C/C(=O)NO)cc2)C1. The molecule has 2 aromatic carbocycles. The summed E-state index contributed by atoms with van der Waals surface area (Å²) in [6.45, 7) is 1.79. The lowest BCUT2D eigenvalue weighted by atomic mass is 10.1. The Kier molecular flexibility index (Phi) is 8.89. The van der Waals surface area contributed by atoms with Crippen LogP contribution in [0.2, 0.25) is 0 Å². The molecule has 4 rings (SSSR count). The number of hydrogen-bond acceptors (Lipinski definition) is 5. The molecule has 3 aromatic rings. The molecule has 0 bridgehead atoms. The predicted molar refractivity (Wildman–Crippen MR) is 139 cm³/mol. The lowest BCUT2D eigenvalue weighted by Crippen LogP contribution is -2.39. The number of nitrogens with zero attached hydrogens (tertiary/aromatic N) is 1. The maximum absolute atomic E-state index is 12.0. The first-order chi connectivity index (χ1) is 17.6. The van der Waals surface area contributed by atoms with Gasteiger partial charge in [0.05, 0.1) is 0 Å². The van der Waals surface area contributed by atoms with Crippen LogP contribution in [-0.4, -0.2) is 59.3 Å². The van der Waals surface area contributed by atoms with Gasteiger partial charge in [0.2, 0.25) is 5.91 Å². The Labute approximate surface area is 211 Å². The van der Waals surface area contributed by atoms with Crippen LogP contribution in [0.25, 0.3) is 17.0 Å². The third-order valence-electron chi connectivity index (χ3n) is 6.81. The number of carbonyl (C=O) groups excluding carboxylic acids is 2. The van der Waals surface area contributed by atoms with E-state index in [-0.39, 0.29) is 18.6 Å². The predicted octanol–water partition coefficient (Wildman–Crippen LogP) is 3.41. The lowest BCUT2D eigenvalue weighted by Gasteiger charge is -2.29. The van der Waals surface area contributed by atoms with Crippen molar-refractivity contribution in [1.29, 1.82) is 0 Å². The molecule has 1 aliphatic rings. The average Bonchev–Trinajstić information content (AvgIpc) is 3.53. The van der Waals surface area contributed by atoms with Crippen molar-refractivity contribution in [1.82, 2.24) is 20.7 Å². The van der Waals surface area contributed by atoms with Crippen molar-refractivity contribution in [2.75, 3.05) is 20.3 Å². The van der Waals surface area contributed by atoms with Crippen molar-refractivity contribution < 1.29 is 19.5 Å². The first-order valence-corrected chi connectivity index (χ1v) is 12.3. The number of ether oxygens (including phenoxy) is 1. The van der Waals surface area contributed by atoms with Crippen LogP contribution in [0.15, 0.2) is 60.8 Å². The van der Waals surface area contributed by atoms with E-state index in [4.69, 9.17) is 9.94 Å². The van der Waals surface area contributed by atoms with Crippen molar-refractivity contribution in [3.8, 4) is 0 Å². The molecule has 8 heteroatoms. The molecule has 0 aliphatic heterocycles. The summed E-state index contributed by atoms with van der Waals surface area (Å²) in [5.74, 6) is -0.622. The largest absolute Gasteiger partial charge is 0.375 e. The number of methoxy groups -OCH3 is 1. The Morgan fingerprint density at radius 2 is 1.97 bits per heavy atom. The zero-order valence-electron chi connectivity index (χ0n) is 20.6. The number of aromatic nitrogens is 1. The van der Waals surface area contributed by atoms with Gasteiger partial charge in [0, 0.05) is 55.5 Å². The van der Waals surface area contributed by atoms with Crippen molar-refractivity contribution in [3.63, 3.8) is 0 Å². The Morgan fingerprint density at radius 1 is 1.17 bits per heavy atom. The summed E-state index contributed by atoms with van der Waals surface area (Å²) < 4.78 is 4.96. The molecule has 1 fully saturated rings. The number of hydrogen-bond donors (Lipinski definition) is 4. The monoisotopic (exact) mass is 490 g/mol. The molecular formula is C28H34N4O4. The van der Waals surface area contributed by atoms with Gasteiger partial charge in [-0.25, -0.2) is 5.48 Å². The molecule has 2 amide bonds. The van der Waals surface area contributed by atoms with E-state index in [1.54, 1.807) is 11.6 Å². The van der Waals surface area contributed by atoms with Gasteiger partial charge < -0.3 is 15.0 Å². The average molecular weight is 491 g/mol. The summed E-state index contributed by atoms with van der Waals surface area (Å²) in [6, 6.07) is 17.0. The highest BCUT2D eigenvalue weighted by atomic mass is 16.5. The molecule has 0 spiro atoms. The lowest BCUT2D eigenvalue weighted by molar-refractivity contribution is -0.125. The molecule has 2 unspecified atom stereocenters. The smallest absolute Gasteiger partial charge is 0.267 e. The Morgan fingerprint density at radius 3 is 2.75 bits per heavy atom. The topological polar surface area (TPSA) is 107 Å². The highest BCUT2D eigenvalue weighted by Crippen LogP contribution is 2.27. The van der Waals surface area contributed by atoms with Crippen LogP contribution in [0.3, 0.4) is 0 Å². The molecule has 1 saturated carbocycles. The first kappa shape index (κ1) is 25.6. The van der Waals surface area contributed by atoms with E-state index in [2.05, 4.69) is 51.7 Å². The second kappa shape index (κ2) is 12.5. The normalized spacial score (nSPS) is 17.8. The third kappa shape index (κ3) is 6.81. The first-order valence-electron chi connectivity index (χ1n) is 12.3. The molecule has 4 N–H and O–H groups in total. The summed E-state index contributed by atoms with van der Waals surface area (Å²) in [6.07, 6.45) is 8.89. The van der Waals surface area contributed by atoms with Crippen LogP contribution in [0, 0.1) is 0 Å². The van der Waals surface area contributed by atoms with Gasteiger partial charge in [0.15, 0.2) is 0 Å². The van der Waals surface area contributed by atoms with E-state index < -0.39 is 5.91 Å². The van der Waals surface area contributed by atoms with Crippen LogP contribution < -0.4 is 10.8 Å². The van der Waals surface area contributed by atoms with Gasteiger partial charge in [-0.2, -0.15) is 0 Å². The van der Waals surface area contributed by atoms with E-state index in [9.17, 15) is 9.59 Å². The van der Waals surface area contributed by atoms with Crippen molar-refractivity contribution in [2.24, 2.45) is 0 Å². The van der Waals surface area contributed by atoms with Gasteiger partial charge in [-0.3, -0.25) is 19.7 Å².